The number of ether oxygens (including phenoxy) is 1. The molecule has 0 unspecified atom stereocenters. The van der Waals surface area contributed by atoms with E-state index >= 15 is 0 Å². The average molecular weight is 291 g/mol. The van der Waals surface area contributed by atoms with Gasteiger partial charge in [-0.05, 0) is 25.0 Å². The van der Waals surface area contributed by atoms with Gasteiger partial charge in [0, 0.05) is 44.2 Å². The first-order valence-electron chi connectivity index (χ1n) is 7.43. The zero-order valence-electron chi connectivity index (χ0n) is 11.9. The Hall–Kier alpha value is -1.50. The average Bonchev–Trinajstić information content (AvgIpc) is 2.90. The molecule has 0 aliphatic carbocycles. The number of amides is 1. The number of pyridine rings is 1. The van der Waals surface area contributed by atoms with Crippen LogP contribution in [0, 0.1) is 0 Å². The maximum atomic E-state index is 12.1. The molecule has 0 radical (unpaired) electrons. The molecular weight excluding hydrogens is 270 g/mol. The molecule has 6 nitrogen and oxygen atoms in total. The third kappa shape index (κ3) is 3.40. The molecule has 21 heavy (non-hydrogen) atoms. The van der Waals surface area contributed by atoms with Crippen LogP contribution in [0.2, 0.25) is 0 Å². The van der Waals surface area contributed by atoms with E-state index in [9.17, 15) is 4.79 Å². The Morgan fingerprint density at radius 2 is 2.43 bits per heavy atom. The summed E-state index contributed by atoms with van der Waals surface area (Å²) in [6, 6.07) is 4.06. The van der Waals surface area contributed by atoms with Crippen molar-refractivity contribution in [2.24, 2.45) is 0 Å². The fourth-order valence-electron chi connectivity index (χ4n) is 3.13. The Balaban J connectivity index is 1.54. The van der Waals surface area contributed by atoms with Gasteiger partial charge in [0.25, 0.3) is 5.91 Å². The van der Waals surface area contributed by atoms with E-state index in [2.05, 4.69) is 15.2 Å². The SMILES string of the molecule is O=C(N[C@H]1C[C@H]2CO[C@@H](CCO)CN2C1)c1cccnc1. The smallest absolute Gasteiger partial charge is 0.253 e. The third-order valence-corrected chi connectivity index (χ3v) is 4.20. The second kappa shape index (κ2) is 6.51. The summed E-state index contributed by atoms with van der Waals surface area (Å²) in [6.07, 6.45) is 4.94. The number of carbonyl (C=O) groups excluding carboxylic acids is 1. The van der Waals surface area contributed by atoms with Crippen molar-refractivity contribution >= 4 is 5.91 Å². The highest BCUT2D eigenvalue weighted by molar-refractivity contribution is 5.94. The summed E-state index contributed by atoms with van der Waals surface area (Å²) in [5.41, 5.74) is 0.594. The highest BCUT2D eigenvalue weighted by atomic mass is 16.5. The van der Waals surface area contributed by atoms with Crippen molar-refractivity contribution in [3.8, 4) is 0 Å². The molecule has 0 saturated carbocycles. The second-order valence-electron chi connectivity index (χ2n) is 5.72. The Bertz CT molecular complexity index is 482. The highest BCUT2D eigenvalue weighted by Crippen LogP contribution is 2.24. The van der Waals surface area contributed by atoms with Gasteiger partial charge in [0.1, 0.15) is 0 Å². The summed E-state index contributed by atoms with van der Waals surface area (Å²) >= 11 is 0. The van der Waals surface area contributed by atoms with Crippen molar-refractivity contribution in [2.75, 3.05) is 26.3 Å². The number of rotatable bonds is 4. The Morgan fingerprint density at radius 3 is 3.19 bits per heavy atom. The van der Waals surface area contributed by atoms with Gasteiger partial charge in [-0.3, -0.25) is 14.7 Å². The van der Waals surface area contributed by atoms with Crippen molar-refractivity contribution in [1.29, 1.82) is 0 Å². The van der Waals surface area contributed by atoms with Crippen molar-refractivity contribution in [3.63, 3.8) is 0 Å². The fraction of sp³-hybridized carbons (Fsp3) is 0.600. The first-order chi connectivity index (χ1) is 10.3. The lowest BCUT2D eigenvalue weighted by Gasteiger charge is -2.34. The maximum Gasteiger partial charge on any atom is 0.253 e. The van der Waals surface area contributed by atoms with E-state index in [1.807, 2.05) is 0 Å². The van der Waals surface area contributed by atoms with Gasteiger partial charge < -0.3 is 15.2 Å². The molecule has 0 spiro atoms. The van der Waals surface area contributed by atoms with E-state index in [1.54, 1.807) is 24.5 Å². The third-order valence-electron chi connectivity index (χ3n) is 4.20. The molecule has 2 N–H and O–H groups in total. The van der Waals surface area contributed by atoms with E-state index in [4.69, 9.17) is 9.84 Å². The van der Waals surface area contributed by atoms with E-state index < -0.39 is 0 Å². The van der Waals surface area contributed by atoms with Gasteiger partial charge in [0.2, 0.25) is 0 Å². The monoisotopic (exact) mass is 291 g/mol. The number of nitrogens with one attached hydrogen (secondary N) is 1. The first-order valence-corrected chi connectivity index (χ1v) is 7.43. The molecule has 6 heteroatoms. The molecular formula is C15H21N3O3. The standard InChI is InChI=1S/C15H21N3O3/c19-5-3-14-9-18-8-12(6-13(18)10-21-14)17-15(20)11-2-1-4-16-7-11/h1-2,4,7,12-14,19H,3,5-6,8-10H2,(H,17,20)/t12-,13-,14-/m0/s1. The van der Waals surface area contributed by atoms with Gasteiger partial charge in [-0.2, -0.15) is 0 Å². The first kappa shape index (κ1) is 14.4. The van der Waals surface area contributed by atoms with Crippen LogP contribution in [0.15, 0.2) is 24.5 Å². The summed E-state index contributed by atoms with van der Waals surface area (Å²) in [5.74, 6) is -0.0687. The van der Waals surface area contributed by atoms with Crippen LogP contribution < -0.4 is 5.32 Å². The van der Waals surface area contributed by atoms with Gasteiger partial charge in [-0.1, -0.05) is 0 Å². The van der Waals surface area contributed by atoms with Crippen LogP contribution in [0.3, 0.4) is 0 Å². The maximum absolute atomic E-state index is 12.1. The van der Waals surface area contributed by atoms with Crippen LogP contribution in [0.5, 0.6) is 0 Å². The van der Waals surface area contributed by atoms with E-state index in [1.165, 1.54) is 0 Å². The van der Waals surface area contributed by atoms with Crippen molar-refractivity contribution in [3.05, 3.63) is 30.1 Å². The predicted molar refractivity (Wildman–Crippen MR) is 76.9 cm³/mol. The molecule has 3 rings (SSSR count). The number of aliphatic hydroxyl groups excluding tert-OH is 1. The van der Waals surface area contributed by atoms with Crippen molar-refractivity contribution in [2.45, 2.75) is 31.0 Å². The molecule has 2 aliphatic rings. The minimum absolute atomic E-state index is 0.0687. The van der Waals surface area contributed by atoms with Crippen LogP contribution in [-0.4, -0.2) is 65.4 Å². The number of aromatic nitrogens is 1. The summed E-state index contributed by atoms with van der Waals surface area (Å²) < 4.78 is 5.75. The molecule has 114 valence electrons. The summed E-state index contributed by atoms with van der Waals surface area (Å²) in [4.78, 5) is 18.5. The van der Waals surface area contributed by atoms with Crippen LogP contribution in [0.25, 0.3) is 0 Å². The number of hydrogen-bond acceptors (Lipinski definition) is 5. The van der Waals surface area contributed by atoms with Crippen LogP contribution in [0.1, 0.15) is 23.2 Å². The molecule has 0 aromatic carbocycles. The molecule has 1 aromatic rings. The predicted octanol–water partition coefficient (Wildman–Crippen LogP) is 0.0355. The lowest BCUT2D eigenvalue weighted by molar-refractivity contribution is -0.0566. The number of carbonyl (C=O) groups is 1. The lowest BCUT2D eigenvalue weighted by atomic mass is 10.1. The Labute approximate surface area is 124 Å². The van der Waals surface area contributed by atoms with Gasteiger partial charge in [0.15, 0.2) is 0 Å². The minimum atomic E-state index is -0.0687. The Morgan fingerprint density at radius 1 is 1.52 bits per heavy atom. The highest BCUT2D eigenvalue weighted by Gasteiger charge is 2.37. The number of fused-ring (bicyclic) bond motifs is 1. The van der Waals surface area contributed by atoms with Gasteiger partial charge in [-0.25, -0.2) is 0 Å². The quantitative estimate of drug-likeness (QED) is 0.819. The molecule has 3 heterocycles. The van der Waals surface area contributed by atoms with Gasteiger partial charge in [-0.15, -0.1) is 0 Å². The molecule has 2 saturated heterocycles. The van der Waals surface area contributed by atoms with E-state index in [0.29, 0.717) is 24.6 Å². The summed E-state index contributed by atoms with van der Waals surface area (Å²) in [5, 5.41) is 12.1. The minimum Gasteiger partial charge on any atom is -0.396 e. The van der Waals surface area contributed by atoms with Gasteiger partial charge in [0.05, 0.1) is 18.3 Å². The molecule has 1 amide bonds. The van der Waals surface area contributed by atoms with Gasteiger partial charge >= 0.3 is 0 Å². The molecule has 2 fully saturated rings. The molecule has 0 bridgehead atoms. The van der Waals surface area contributed by atoms with Crippen LogP contribution in [0.4, 0.5) is 0 Å². The zero-order valence-corrected chi connectivity index (χ0v) is 11.9. The number of nitrogens with zero attached hydrogens (tertiary/aromatic N) is 2. The number of morpholine rings is 1. The van der Waals surface area contributed by atoms with Crippen molar-refractivity contribution < 1.29 is 14.6 Å². The topological polar surface area (TPSA) is 74.7 Å². The van der Waals surface area contributed by atoms with E-state index in [-0.39, 0.29) is 24.7 Å². The summed E-state index contributed by atoms with van der Waals surface area (Å²) in [6.45, 7) is 2.53. The number of aliphatic hydroxyl groups is 1. The van der Waals surface area contributed by atoms with E-state index in [0.717, 1.165) is 19.5 Å². The second-order valence-corrected chi connectivity index (χ2v) is 5.72. The largest absolute Gasteiger partial charge is 0.396 e. The molecule has 3 atom stereocenters. The fourth-order valence-corrected chi connectivity index (χ4v) is 3.13. The van der Waals surface area contributed by atoms with Crippen LogP contribution in [-0.2, 0) is 4.74 Å². The number of hydrogen-bond donors (Lipinski definition) is 2. The van der Waals surface area contributed by atoms with Crippen LogP contribution >= 0.6 is 0 Å². The normalized spacial score (nSPS) is 29.1. The lowest BCUT2D eigenvalue weighted by Crippen LogP contribution is -2.46. The molecule has 1 aromatic heterocycles. The summed E-state index contributed by atoms with van der Waals surface area (Å²) in [7, 11) is 0. The molecule has 2 aliphatic heterocycles. The zero-order chi connectivity index (χ0) is 14.7. The van der Waals surface area contributed by atoms with Crippen molar-refractivity contribution in [1.82, 2.24) is 15.2 Å². The Kier molecular flexibility index (Phi) is 4.48.